The van der Waals surface area contributed by atoms with Crippen LogP contribution in [0.25, 0.3) is 0 Å². The van der Waals surface area contributed by atoms with Gasteiger partial charge < -0.3 is 14.9 Å². The number of hydrogen-bond acceptors (Lipinski definition) is 5. The van der Waals surface area contributed by atoms with Gasteiger partial charge in [-0.3, -0.25) is 0 Å². The molecule has 0 bridgehead atoms. The van der Waals surface area contributed by atoms with Crippen LogP contribution in [0.1, 0.15) is 37.2 Å². The van der Waals surface area contributed by atoms with Gasteiger partial charge in [-0.05, 0) is 19.3 Å². The van der Waals surface area contributed by atoms with Crippen molar-refractivity contribution in [3.8, 4) is 6.07 Å². The van der Waals surface area contributed by atoms with Crippen molar-refractivity contribution in [2.45, 2.75) is 37.7 Å². The molecule has 3 atom stereocenters. The van der Waals surface area contributed by atoms with Crippen molar-refractivity contribution in [3.63, 3.8) is 0 Å². The van der Waals surface area contributed by atoms with Gasteiger partial charge >= 0.3 is 0 Å². The molecule has 1 fully saturated rings. The fourth-order valence-corrected chi connectivity index (χ4v) is 1.85. The second kappa shape index (κ2) is 5.27. The highest BCUT2D eigenvalue weighted by Gasteiger charge is 2.22. The maximum absolute atomic E-state index is 9.63. The zero-order valence-electron chi connectivity index (χ0n) is 9.36. The summed E-state index contributed by atoms with van der Waals surface area (Å²) >= 11 is 0. The number of nitrogens with zero attached hydrogens (tertiary/aromatic N) is 3. The Morgan fingerprint density at radius 1 is 1.53 bits per heavy atom. The zero-order valence-corrected chi connectivity index (χ0v) is 9.36. The van der Waals surface area contributed by atoms with Gasteiger partial charge in [-0.25, -0.2) is 4.68 Å². The lowest BCUT2D eigenvalue weighted by Crippen LogP contribution is -2.19. The minimum absolute atomic E-state index is 0.107. The summed E-state index contributed by atoms with van der Waals surface area (Å²) in [4.78, 5) is 0. The van der Waals surface area contributed by atoms with E-state index in [0.29, 0.717) is 12.2 Å². The van der Waals surface area contributed by atoms with Crippen LogP contribution in [0.4, 0.5) is 0 Å². The average Bonchev–Trinajstić information content (AvgIpc) is 2.87. The van der Waals surface area contributed by atoms with Gasteiger partial charge in [0.05, 0.1) is 12.3 Å². The minimum atomic E-state index is -1.43. The Morgan fingerprint density at radius 3 is 3.00 bits per heavy atom. The van der Waals surface area contributed by atoms with E-state index in [1.54, 1.807) is 16.9 Å². The van der Waals surface area contributed by atoms with Crippen LogP contribution in [0.2, 0.25) is 0 Å². The summed E-state index contributed by atoms with van der Waals surface area (Å²) in [5.41, 5.74) is 0.424. The summed E-state index contributed by atoms with van der Waals surface area (Å²) < 4.78 is 7.16. The SMILES string of the molecule is N#CC(O)C(O)c1cnn([C@@H]2CCCCO2)c1. The summed E-state index contributed by atoms with van der Waals surface area (Å²) in [5, 5.41) is 31.5. The summed E-state index contributed by atoms with van der Waals surface area (Å²) in [6.45, 7) is 0.712. The van der Waals surface area contributed by atoms with E-state index >= 15 is 0 Å². The van der Waals surface area contributed by atoms with E-state index in [2.05, 4.69) is 5.10 Å². The lowest BCUT2D eigenvalue weighted by molar-refractivity contribution is -0.0397. The van der Waals surface area contributed by atoms with Gasteiger partial charge in [-0.15, -0.1) is 0 Å². The summed E-state index contributed by atoms with van der Waals surface area (Å²) in [6, 6.07) is 1.59. The van der Waals surface area contributed by atoms with Crippen molar-refractivity contribution in [1.82, 2.24) is 9.78 Å². The number of aromatic nitrogens is 2. The summed E-state index contributed by atoms with van der Waals surface area (Å²) in [7, 11) is 0. The molecule has 0 aromatic carbocycles. The molecule has 0 radical (unpaired) electrons. The standard InChI is InChI=1S/C11H15N3O3/c12-5-9(15)11(16)8-6-13-14(7-8)10-3-1-2-4-17-10/h6-7,9-11,15-16H,1-4H2/t9?,10-,11?/m0/s1. The topological polar surface area (TPSA) is 91.3 Å². The number of rotatable bonds is 3. The van der Waals surface area contributed by atoms with Crippen LogP contribution in [0.5, 0.6) is 0 Å². The number of hydrogen-bond donors (Lipinski definition) is 2. The predicted molar refractivity (Wildman–Crippen MR) is 57.6 cm³/mol. The third-order valence-corrected chi connectivity index (χ3v) is 2.85. The average molecular weight is 237 g/mol. The molecule has 1 saturated heterocycles. The van der Waals surface area contributed by atoms with Crippen molar-refractivity contribution in [2.75, 3.05) is 6.61 Å². The molecule has 17 heavy (non-hydrogen) atoms. The minimum Gasteiger partial charge on any atom is -0.384 e. The highest BCUT2D eigenvalue weighted by molar-refractivity contribution is 5.13. The second-order valence-electron chi connectivity index (χ2n) is 4.09. The normalized spacial score (nSPS) is 23.9. The van der Waals surface area contributed by atoms with Crippen LogP contribution < -0.4 is 0 Å². The van der Waals surface area contributed by atoms with Crippen molar-refractivity contribution >= 4 is 0 Å². The largest absolute Gasteiger partial charge is 0.384 e. The molecule has 2 unspecified atom stereocenters. The van der Waals surface area contributed by atoms with Crippen molar-refractivity contribution in [1.29, 1.82) is 5.26 Å². The molecule has 2 N–H and O–H groups in total. The first-order valence-electron chi connectivity index (χ1n) is 5.64. The molecule has 6 nitrogen and oxygen atoms in total. The molecule has 0 aliphatic carbocycles. The molecule has 1 aliphatic rings. The summed E-state index contributed by atoms with van der Waals surface area (Å²) in [5.74, 6) is 0. The molecule has 2 rings (SSSR count). The van der Waals surface area contributed by atoms with Crippen LogP contribution in [-0.4, -0.2) is 32.7 Å². The molecule has 0 saturated carbocycles. The van der Waals surface area contributed by atoms with Crippen molar-refractivity contribution in [3.05, 3.63) is 18.0 Å². The van der Waals surface area contributed by atoms with Crippen molar-refractivity contribution in [2.24, 2.45) is 0 Å². The molecule has 2 heterocycles. The quantitative estimate of drug-likeness (QED) is 0.747. The first-order valence-corrected chi connectivity index (χ1v) is 5.64. The van der Waals surface area contributed by atoms with E-state index in [-0.39, 0.29) is 6.23 Å². The fraction of sp³-hybridized carbons (Fsp3) is 0.636. The van der Waals surface area contributed by atoms with Crippen LogP contribution in [0, 0.1) is 11.3 Å². The van der Waals surface area contributed by atoms with Crippen molar-refractivity contribution < 1.29 is 14.9 Å². The number of nitriles is 1. The molecule has 0 amide bonds. The van der Waals surface area contributed by atoms with Gasteiger partial charge in [0.15, 0.2) is 6.10 Å². The van der Waals surface area contributed by atoms with Gasteiger partial charge in [0.1, 0.15) is 12.3 Å². The van der Waals surface area contributed by atoms with Gasteiger partial charge in [-0.1, -0.05) is 0 Å². The Labute approximate surface area is 99.0 Å². The molecular formula is C11H15N3O3. The van der Waals surface area contributed by atoms with Gasteiger partial charge in [0.25, 0.3) is 0 Å². The maximum Gasteiger partial charge on any atom is 0.170 e. The first-order chi connectivity index (χ1) is 8.22. The van der Waals surface area contributed by atoms with E-state index < -0.39 is 12.2 Å². The number of ether oxygens (including phenoxy) is 1. The predicted octanol–water partition coefficient (Wildman–Crippen LogP) is 0.500. The molecule has 1 aromatic heterocycles. The summed E-state index contributed by atoms with van der Waals surface area (Å²) in [6.07, 6.45) is 3.33. The highest BCUT2D eigenvalue weighted by atomic mass is 16.5. The third-order valence-electron chi connectivity index (χ3n) is 2.85. The fourth-order valence-electron chi connectivity index (χ4n) is 1.85. The van der Waals surface area contributed by atoms with Crippen LogP contribution in [-0.2, 0) is 4.74 Å². The Kier molecular flexibility index (Phi) is 3.74. The Balaban J connectivity index is 2.07. The Hall–Kier alpha value is -1.42. The smallest absolute Gasteiger partial charge is 0.170 e. The molecule has 6 heteroatoms. The molecule has 1 aromatic rings. The van der Waals surface area contributed by atoms with E-state index in [0.717, 1.165) is 19.3 Å². The number of aliphatic hydroxyl groups is 2. The molecule has 92 valence electrons. The molecule has 1 aliphatic heterocycles. The second-order valence-corrected chi connectivity index (χ2v) is 4.09. The van der Waals surface area contributed by atoms with Crippen LogP contribution >= 0.6 is 0 Å². The molecular weight excluding hydrogens is 222 g/mol. The van der Waals surface area contributed by atoms with E-state index in [4.69, 9.17) is 10.00 Å². The lowest BCUT2D eigenvalue weighted by atomic mass is 10.1. The Morgan fingerprint density at radius 2 is 2.35 bits per heavy atom. The third kappa shape index (κ3) is 2.64. The Bertz CT molecular complexity index is 406. The van der Waals surface area contributed by atoms with E-state index in [1.165, 1.54) is 6.20 Å². The monoisotopic (exact) mass is 237 g/mol. The van der Waals surface area contributed by atoms with E-state index in [9.17, 15) is 10.2 Å². The highest BCUT2D eigenvalue weighted by Crippen LogP contribution is 2.24. The number of aliphatic hydroxyl groups excluding tert-OH is 2. The van der Waals surface area contributed by atoms with Crippen LogP contribution in [0.3, 0.4) is 0 Å². The van der Waals surface area contributed by atoms with Gasteiger partial charge in [0.2, 0.25) is 0 Å². The lowest BCUT2D eigenvalue weighted by Gasteiger charge is -2.22. The molecule has 0 spiro atoms. The first kappa shape index (κ1) is 12.0. The van der Waals surface area contributed by atoms with Gasteiger partial charge in [-0.2, -0.15) is 10.4 Å². The zero-order chi connectivity index (χ0) is 12.3. The van der Waals surface area contributed by atoms with Crippen LogP contribution in [0.15, 0.2) is 12.4 Å². The van der Waals surface area contributed by atoms with Gasteiger partial charge in [0, 0.05) is 18.4 Å². The van der Waals surface area contributed by atoms with E-state index in [1.807, 2.05) is 0 Å². The maximum atomic E-state index is 9.63.